The number of aliphatic imine (C=N–C) groups is 1. The monoisotopic (exact) mass is 510 g/mol. The van der Waals surface area contributed by atoms with Gasteiger partial charge in [0.2, 0.25) is 0 Å². The molecule has 6 nitrogen and oxygen atoms in total. The van der Waals surface area contributed by atoms with Crippen LogP contribution < -0.4 is 20.1 Å². The summed E-state index contributed by atoms with van der Waals surface area (Å²) in [5.41, 5.74) is 1.02. The fourth-order valence-corrected chi connectivity index (χ4v) is 3.38. The normalized spacial score (nSPS) is 13.7. The van der Waals surface area contributed by atoms with Crippen LogP contribution in [0.1, 0.15) is 33.3 Å². The van der Waals surface area contributed by atoms with E-state index in [4.69, 9.17) is 21.1 Å². The first-order valence-corrected chi connectivity index (χ1v) is 9.58. The van der Waals surface area contributed by atoms with Crippen LogP contribution in [0, 0.1) is 0 Å². The zero-order chi connectivity index (χ0) is 19.1. The predicted octanol–water partition coefficient (Wildman–Crippen LogP) is 3.51. The molecule has 1 aromatic carbocycles. The van der Waals surface area contributed by atoms with Crippen LogP contribution in [0.4, 0.5) is 0 Å². The Hall–Kier alpha value is -0.930. The van der Waals surface area contributed by atoms with Crippen molar-refractivity contribution >= 4 is 41.5 Å². The largest absolute Gasteiger partial charge is 0.486 e. The molecule has 0 amide bonds. The highest BCUT2D eigenvalue weighted by molar-refractivity contribution is 14.0. The molecule has 0 bridgehead atoms. The van der Waals surface area contributed by atoms with Crippen LogP contribution in [0.25, 0.3) is 0 Å². The van der Waals surface area contributed by atoms with Crippen LogP contribution in [0.5, 0.6) is 11.5 Å². The van der Waals surface area contributed by atoms with Crippen LogP contribution in [-0.2, 0) is 6.54 Å². The van der Waals surface area contributed by atoms with Gasteiger partial charge in [0.25, 0.3) is 0 Å². The predicted molar refractivity (Wildman–Crippen MR) is 123 cm³/mol. The summed E-state index contributed by atoms with van der Waals surface area (Å²) >= 11 is 6.29. The lowest BCUT2D eigenvalue weighted by atomic mass is 10.2. The van der Waals surface area contributed by atoms with E-state index in [9.17, 15) is 0 Å². The minimum Gasteiger partial charge on any atom is -0.486 e. The number of rotatable bonds is 7. The summed E-state index contributed by atoms with van der Waals surface area (Å²) in [6.45, 7) is 12.4. The zero-order valence-electron chi connectivity index (χ0n) is 16.8. The van der Waals surface area contributed by atoms with E-state index < -0.39 is 0 Å². The Morgan fingerprint density at radius 1 is 1.15 bits per heavy atom. The molecule has 0 aliphatic carbocycles. The van der Waals surface area contributed by atoms with Crippen molar-refractivity contribution in [1.82, 2.24) is 15.5 Å². The van der Waals surface area contributed by atoms with Crippen molar-refractivity contribution < 1.29 is 9.47 Å². The van der Waals surface area contributed by atoms with E-state index in [0.717, 1.165) is 24.6 Å². The Bertz CT molecular complexity index is 618. The Labute approximate surface area is 185 Å². The van der Waals surface area contributed by atoms with E-state index in [1.807, 2.05) is 12.1 Å². The molecule has 154 valence electrons. The van der Waals surface area contributed by atoms with Crippen LogP contribution in [0.15, 0.2) is 17.1 Å². The molecule has 8 heteroatoms. The van der Waals surface area contributed by atoms with E-state index in [-0.39, 0.29) is 24.0 Å². The number of halogens is 2. The van der Waals surface area contributed by atoms with Gasteiger partial charge < -0.3 is 20.1 Å². The Morgan fingerprint density at radius 3 is 2.44 bits per heavy atom. The first-order valence-electron chi connectivity index (χ1n) is 9.20. The first-order chi connectivity index (χ1) is 12.4. The second-order valence-electron chi connectivity index (χ2n) is 6.88. The first kappa shape index (κ1) is 24.1. The van der Waals surface area contributed by atoms with E-state index in [1.54, 1.807) is 7.05 Å². The lowest BCUT2D eigenvalue weighted by Crippen LogP contribution is -2.45. The molecule has 0 aromatic heterocycles. The minimum atomic E-state index is 0. The molecule has 0 saturated heterocycles. The SMILES string of the molecule is CN=C(NCCN(C(C)C)C(C)C)NCc1cc(Cl)c2c(c1)OCCO2.I. The molecule has 1 aromatic rings. The third-order valence-corrected chi connectivity index (χ3v) is 4.61. The summed E-state index contributed by atoms with van der Waals surface area (Å²) in [4.78, 5) is 6.73. The number of fused-ring (bicyclic) bond motifs is 1. The van der Waals surface area contributed by atoms with Crippen molar-refractivity contribution in [3.05, 3.63) is 22.7 Å². The number of guanidine groups is 1. The summed E-state index contributed by atoms with van der Waals surface area (Å²) < 4.78 is 11.2. The van der Waals surface area contributed by atoms with Gasteiger partial charge >= 0.3 is 0 Å². The number of ether oxygens (including phenoxy) is 2. The molecule has 0 radical (unpaired) electrons. The number of hydrogen-bond donors (Lipinski definition) is 2. The molecular weight excluding hydrogens is 479 g/mol. The van der Waals surface area contributed by atoms with Crippen molar-refractivity contribution in [2.75, 3.05) is 33.4 Å². The number of benzene rings is 1. The average Bonchev–Trinajstić information content (AvgIpc) is 2.60. The fourth-order valence-electron chi connectivity index (χ4n) is 3.09. The third kappa shape index (κ3) is 7.19. The van der Waals surface area contributed by atoms with Crippen molar-refractivity contribution in [2.45, 2.75) is 46.3 Å². The third-order valence-electron chi connectivity index (χ3n) is 4.33. The second-order valence-corrected chi connectivity index (χ2v) is 7.29. The standard InChI is InChI=1S/C19H31ClN4O2.HI/c1-13(2)24(14(3)4)7-6-22-19(21-5)23-12-15-10-16(20)18-17(11-15)25-8-9-26-18;/h10-11,13-14H,6-9,12H2,1-5H3,(H2,21,22,23);1H. The highest BCUT2D eigenvalue weighted by Crippen LogP contribution is 2.38. The molecule has 0 atom stereocenters. The molecule has 1 aliphatic rings. The number of nitrogens with zero attached hydrogens (tertiary/aromatic N) is 2. The van der Waals surface area contributed by atoms with Crippen LogP contribution in [-0.4, -0.2) is 56.3 Å². The summed E-state index contributed by atoms with van der Waals surface area (Å²) in [6.07, 6.45) is 0. The van der Waals surface area contributed by atoms with Gasteiger partial charge in [-0.15, -0.1) is 24.0 Å². The Kier molecular flexibility index (Phi) is 10.5. The lowest BCUT2D eigenvalue weighted by Gasteiger charge is -2.30. The van der Waals surface area contributed by atoms with Crippen LogP contribution in [0.3, 0.4) is 0 Å². The highest BCUT2D eigenvalue weighted by Gasteiger charge is 2.17. The number of nitrogens with one attached hydrogen (secondary N) is 2. The summed E-state index contributed by atoms with van der Waals surface area (Å²) in [6, 6.07) is 4.90. The second kappa shape index (κ2) is 11.8. The lowest BCUT2D eigenvalue weighted by molar-refractivity contribution is 0.171. The maximum atomic E-state index is 6.29. The molecule has 0 unspecified atom stereocenters. The van der Waals surface area contributed by atoms with Crippen molar-refractivity contribution in [2.24, 2.45) is 4.99 Å². The molecule has 2 N–H and O–H groups in total. The van der Waals surface area contributed by atoms with E-state index in [0.29, 0.717) is 48.4 Å². The van der Waals surface area contributed by atoms with Gasteiger partial charge in [-0.2, -0.15) is 0 Å². The van der Waals surface area contributed by atoms with Gasteiger partial charge in [0.1, 0.15) is 13.2 Å². The maximum absolute atomic E-state index is 6.29. The van der Waals surface area contributed by atoms with Gasteiger partial charge in [-0.3, -0.25) is 9.89 Å². The van der Waals surface area contributed by atoms with Gasteiger partial charge in [-0.1, -0.05) is 11.6 Å². The average molecular weight is 511 g/mol. The summed E-state index contributed by atoms with van der Waals surface area (Å²) in [7, 11) is 1.77. The highest BCUT2D eigenvalue weighted by atomic mass is 127. The van der Waals surface area contributed by atoms with Crippen molar-refractivity contribution in [3.8, 4) is 11.5 Å². The topological polar surface area (TPSA) is 58.1 Å². The van der Waals surface area contributed by atoms with Gasteiger partial charge in [0, 0.05) is 38.8 Å². The Balaban J connectivity index is 0.00000364. The smallest absolute Gasteiger partial charge is 0.191 e. The van der Waals surface area contributed by atoms with Gasteiger partial charge in [0.05, 0.1) is 5.02 Å². The zero-order valence-corrected chi connectivity index (χ0v) is 19.9. The van der Waals surface area contributed by atoms with Crippen LogP contribution >= 0.6 is 35.6 Å². The molecule has 0 saturated carbocycles. The molecule has 0 fully saturated rings. The molecular formula is C19H32ClIN4O2. The summed E-state index contributed by atoms with van der Waals surface area (Å²) in [5, 5.41) is 7.26. The number of hydrogen-bond acceptors (Lipinski definition) is 4. The molecule has 0 spiro atoms. The van der Waals surface area contributed by atoms with Crippen molar-refractivity contribution in [3.63, 3.8) is 0 Å². The summed E-state index contributed by atoms with van der Waals surface area (Å²) in [5.74, 6) is 2.10. The van der Waals surface area contributed by atoms with E-state index >= 15 is 0 Å². The van der Waals surface area contributed by atoms with Crippen LogP contribution in [0.2, 0.25) is 5.02 Å². The fraction of sp³-hybridized carbons (Fsp3) is 0.632. The van der Waals surface area contributed by atoms with Gasteiger partial charge in [-0.05, 0) is 45.4 Å². The molecule has 27 heavy (non-hydrogen) atoms. The Morgan fingerprint density at radius 2 is 1.81 bits per heavy atom. The molecule has 1 heterocycles. The quantitative estimate of drug-likeness (QED) is 0.334. The molecule has 1 aliphatic heterocycles. The molecule has 2 rings (SSSR count). The maximum Gasteiger partial charge on any atom is 0.191 e. The van der Waals surface area contributed by atoms with Gasteiger partial charge in [0.15, 0.2) is 17.5 Å². The van der Waals surface area contributed by atoms with Crippen molar-refractivity contribution in [1.29, 1.82) is 0 Å². The van der Waals surface area contributed by atoms with Gasteiger partial charge in [-0.25, -0.2) is 0 Å². The van der Waals surface area contributed by atoms with E-state index in [1.165, 1.54) is 0 Å². The van der Waals surface area contributed by atoms with E-state index in [2.05, 4.69) is 48.2 Å². The minimum absolute atomic E-state index is 0.